The van der Waals surface area contributed by atoms with Gasteiger partial charge in [0.25, 0.3) is 5.91 Å². The fraction of sp³-hybridized carbons (Fsp3) is 0.263. The molecule has 1 fully saturated rings. The minimum Gasteiger partial charge on any atom is -0.478 e. The van der Waals surface area contributed by atoms with Crippen LogP contribution in [0.1, 0.15) is 26.3 Å². The smallest absolute Gasteiger partial charge is 0.335 e. The molecule has 124 valence electrons. The van der Waals surface area contributed by atoms with E-state index in [-0.39, 0.29) is 17.6 Å². The molecule has 0 saturated carbocycles. The number of hydrogen-bond donors (Lipinski definition) is 1. The van der Waals surface area contributed by atoms with Gasteiger partial charge in [0.1, 0.15) is 0 Å². The van der Waals surface area contributed by atoms with E-state index in [0.717, 1.165) is 6.42 Å². The Morgan fingerprint density at radius 3 is 2.58 bits per heavy atom. The summed E-state index contributed by atoms with van der Waals surface area (Å²) in [4.78, 5) is 25.4. The molecule has 0 spiro atoms. The predicted molar refractivity (Wildman–Crippen MR) is 89.2 cm³/mol. The lowest BCUT2D eigenvalue weighted by Gasteiger charge is -2.33. The molecular formula is C19H19NO4. The molecule has 3 rings (SSSR count). The second-order valence-electron chi connectivity index (χ2n) is 5.82. The van der Waals surface area contributed by atoms with Crippen molar-refractivity contribution < 1.29 is 19.4 Å². The Kier molecular flexibility index (Phi) is 4.91. The van der Waals surface area contributed by atoms with Crippen LogP contribution in [0.5, 0.6) is 0 Å². The highest BCUT2D eigenvalue weighted by Gasteiger charge is 2.25. The fourth-order valence-electron chi connectivity index (χ4n) is 2.87. The first kappa shape index (κ1) is 16.2. The molecule has 1 heterocycles. The molecule has 0 aliphatic carbocycles. The van der Waals surface area contributed by atoms with Crippen LogP contribution in [-0.4, -0.2) is 47.7 Å². The highest BCUT2D eigenvalue weighted by atomic mass is 16.5. The average molecular weight is 325 g/mol. The van der Waals surface area contributed by atoms with Crippen LogP contribution < -0.4 is 0 Å². The molecule has 2 aromatic rings. The van der Waals surface area contributed by atoms with E-state index in [1.807, 2.05) is 30.3 Å². The Balaban J connectivity index is 1.69. The molecular weight excluding hydrogens is 306 g/mol. The van der Waals surface area contributed by atoms with Crippen molar-refractivity contribution in [2.45, 2.75) is 12.5 Å². The molecule has 5 nitrogen and oxygen atoms in total. The molecule has 1 aliphatic rings. The fourth-order valence-corrected chi connectivity index (χ4v) is 2.87. The van der Waals surface area contributed by atoms with Gasteiger partial charge in [0, 0.05) is 25.1 Å². The van der Waals surface area contributed by atoms with Gasteiger partial charge in [-0.3, -0.25) is 4.79 Å². The summed E-state index contributed by atoms with van der Waals surface area (Å²) in [5.74, 6) is -1.19. The zero-order chi connectivity index (χ0) is 16.9. The van der Waals surface area contributed by atoms with Crippen LogP contribution >= 0.6 is 0 Å². The van der Waals surface area contributed by atoms with Gasteiger partial charge in [-0.2, -0.15) is 0 Å². The van der Waals surface area contributed by atoms with Crippen LogP contribution in [0.2, 0.25) is 0 Å². The van der Waals surface area contributed by atoms with Crippen molar-refractivity contribution in [2.24, 2.45) is 0 Å². The number of hydrogen-bond acceptors (Lipinski definition) is 3. The van der Waals surface area contributed by atoms with Crippen molar-refractivity contribution >= 4 is 11.9 Å². The maximum Gasteiger partial charge on any atom is 0.335 e. The summed E-state index contributed by atoms with van der Waals surface area (Å²) in [6.45, 7) is 1.51. The van der Waals surface area contributed by atoms with Gasteiger partial charge in [0.15, 0.2) is 0 Å². The molecule has 0 radical (unpaired) electrons. The van der Waals surface area contributed by atoms with Crippen molar-refractivity contribution in [1.82, 2.24) is 4.90 Å². The summed E-state index contributed by atoms with van der Waals surface area (Å²) < 4.78 is 5.77. The third-order valence-corrected chi connectivity index (χ3v) is 4.09. The third kappa shape index (κ3) is 3.81. The lowest BCUT2D eigenvalue weighted by Crippen LogP contribution is -2.46. The quantitative estimate of drug-likeness (QED) is 0.938. The number of carbonyl (C=O) groups is 2. The average Bonchev–Trinajstić information content (AvgIpc) is 2.62. The number of carboxylic acid groups (broad SMARTS) is 1. The predicted octanol–water partition coefficient (Wildman–Crippen LogP) is 2.47. The highest BCUT2D eigenvalue weighted by molar-refractivity contribution is 5.97. The molecule has 1 amide bonds. The number of benzene rings is 2. The maximum atomic E-state index is 12.6. The van der Waals surface area contributed by atoms with E-state index in [2.05, 4.69) is 0 Å². The van der Waals surface area contributed by atoms with Crippen molar-refractivity contribution in [3.05, 3.63) is 71.3 Å². The summed E-state index contributed by atoms with van der Waals surface area (Å²) in [6.07, 6.45) is 0.701. The summed E-state index contributed by atoms with van der Waals surface area (Å²) >= 11 is 0. The van der Waals surface area contributed by atoms with Crippen molar-refractivity contribution in [1.29, 1.82) is 0 Å². The Morgan fingerprint density at radius 1 is 1.08 bits per heavy atom. The van der Waals surface area contributed by atoms with E-state index < -0.39 is 5.97 Å². The number of morpholine rings is 1. The van der Waals surface area contributed by atoms with Gasteiger partial charge in [-0.25, -0.2) is 4.79 Å². The van der Waals surface area contributed by atoms with Gasteiger partial charge >= 0.3 is 5.97 Å². The Morgan fingerprint density at radius 2 is 1.83 bits per heavy atom. The minimum absolute atomic E-state index is 0.0484. The van der Waals surface area contributed by atoms with Crippen LogP contribution in [0.3, 0.4) is 0 Å². The molecule has 24 heavy (non-hydrogen) atoms. The number of ether oxygens (including phenoxy) is 1. The van der Waals surface area contributed by atoms with Crippen LogP contribution in [0.25, 0.3) is 0 Å². The SMILES string of the molecule is O=C(O)c1cccc(C(=O)N2CCOC(Cc3ccccc3)C2)c1. The first-order valence-corrected chi connectivity index (χ1v) is 7.91. The normalized spacial score (nSPS) is 17.5. The maximum absolute atomic E-state index is 12.6. The van der Waals surface area contributed by atoms with E-state index in [9.17, 15) is 9.59 Å². The van der Waals surface area contributed by atoms with Gasteiger partial charge in [-0.1, -0.05) is 36.4 Å². The highest BCUT2D eigenvalue weighted by Crippen LogP contribution is 2.15. The van der Waals surface area contributed by atoms with E-state index in [1.165, 1.54) is 17.7 Å². The van der Waals surface area contributed by atoms with Crippen molar-refractivity contribution in [2.75, 3.05) is 19.7 Å². The lowest BCUT2D eigenvalue weighted by molar-refractivity contribution is -0.0208. The van der Waals surface area contributed by atoms with Crippen LogP contribution in [0.15, 0.2) is 54.6 Å². The molecule has 1 unspecified atom stereocenters. The summed E-state index contributed by atoms with van der Waals surface area (Å²) in [7, 11) is 0. The van der Waals surface area contributed by atoms with E-state index in [4.69, 9.17) is 9.84 Å². The standard InChI is InChI=1S/C19H19NO4/c21-18(15-7-4-8-16(12-15)19(22)23)20-9-10-24-17(13-20)11-14-5-2-1-3-6-14/h1-8,12,17H,9-11,13H2,(H,22,23). The van der Waals surface area contributed by atoms with E-state index >= 15 is 0 Å². The van der Waals surface area contributed by atoms with Crippen molar-refractivity contribution in [3.8, 4) is 0 Å². The molecule has 1 saturated heterocycles. The second kappa shape index (κ2) is 7.27. The number of amides is 1. The Hall–Kier alpha value is -2.66. The number of aromatic carboxylic acids is 1. The first-order valence-electron chi connectivity index (χ1n) is 7.91. The van der Waals surface area contributed by atoms with Crippen LogP contribution in [-0.2, 0) is 11.2 Å². The molecule has 2 aromatic carbocycles. The lowest BCUT2D eigenvalue weighted by atomic mass is 10.1. The summed E-state index contributed by atoms with van der Waals surface area (Å²) in [5, 5.41) is 9.06. The van der Waals surface area contributed by atoms with Crippen molar-refractivity contribution in [3.63, 3.8) is 0 Å². The summed E-state index contributed by atoms with van der Waals surface area (Å²) in [5.41, 5.74) is 1.69. The molecule has 1 N–H and O–H groups in total. The molecule has 5 heteroatoms. The van der Waals surface area contributed by atoms with Crippen LogP contribution in [0, 0.1) is 0 Å². The Bertz CT molecular complexity index is 729. The Labute approximate surface area is 140 Å². The van der Waals surface area contributed by atoms with Gasteiger partial charge in [0.05, 0.1) is 18.3 Å². The topological polar surface area (TPSA) is 66.8 Å². The van der Waals surface area contributed by atoms with Gasteiger partial charge < -0.3 is 14.7 Å². The molecule has 1 atom stereocenters. The van der Waals surface area contributed by atoms with Crippen LogP contribution in [0.4, 0.5) is 0 Å². The molecule has 1 aliphatic heterocycles. The monoisotopic (exact) mass is 325 g/mol. The first-order chi connectivity index (χ1) is 11.6. The summed E-state index contributed by atoms with van der Waals surface area (Å²) in [6, 6.07) is 16.2. The van der Waals surface area contributed by atoms with Gasteiger partial charge in [0.2, 0.25) is 0 Å². The van der Waals surface area contributed by atoms with E-state index in [0.29, 0.717) is 25.3 Å². The number of rotatable bonds is 4. The zero-order valence-electron chi connectivity index (χ0n) is 13.2. The minimum atomic E-state index is -1.03. The number of nitrogens with zero attached hydrogens (tertiary/aromatic N) is 1. The largest absolute Gasteiger partial charge is 0.478 e. The van der Waals surface area contributed by atoms with E-state index in [1.54, 1.807) is 17.0 Å². The second-order valence-corrected chi connectivity index (χ2v) is 5.82. The number of carbonyl (C=O) groups excluding carboxylic acids is 1. The zero-order valence-corrected chi connectivity index (χ0v) is 13.2. The molecule has 0 bridgehead atoms. The third-order valence-electron chi connectivity index (χ3n) is 4.09. The van der Waals surface area contributed by atoms with Gasteiger partial charge in [-0.15, -0.1) is 0 Å². The molecule has 0 aromatic heterocycles. The number of carboxylic acids is 1. The van der Waals surface area contributed by atoms with Gasteiger partial charge in [-0.05, 0) is 23.8 Å².